The van der Waals surface area contributed by atoms with Crippen LogP contribution in [0.5, 0.6) is 5.75 Å². The minimum atomic E-state index is -0.270. The molecule has 0 aliphatic rings. The van der Waals surface area contributed by atoms with E-state index < -0.39 is 0 Å². The van der Waals surface area contributed by atoms with Crippen molar-refractivity contribution in [1.29, 1.82) is 0 Å². The lowest BCUT2D eigenvalue weighted by Gasteiger charge is -2.18. The summed E-state index contributed by atoms with van der Waals surface area (Å²) in [5.41, 5.74) is 7.15. The van der Waals surface area contributed by atoms with Gasteiger partial charge in [0.1, 0.15) is 12.4 Å². The van der Waals surface area contributed by atoms with Gasteiger partial charge in [0.05, 0.1) is 22.4 Å². The Morgan fingerprint density at radius 3 is 2.85 bits per heavy atom. The van der Waals surface area contributed by atoms with Gasteiger partial charge >= 0.3 is 0 Å². The number of hydrogen-bond donors (Lipinski definition) is 1. The molecule has 0 aliphatic carbocycles. The van der Waals surface area contributed by atoms with E-state index in [0.717, 1.165) is 10.2 Å². The molecule has 0 radical (unpaired) electrons. The molecule has 4 nitrogen and oxygen atoms in total. The minimum Gasteiger partial charge on any atom is -0.492 e. The van der Waals surface area contributed by atoms with Crippen LogP contribution in [0.1, 0.15) is 31.6 Å². The number of nitrogens with two attached hydrogens (primary N) is 1. The van der Waals surface area contributed by atoms with Gasteiger partial charge in [-0.3, -0.25) is 4.68 Å². The zero-order valence-corrected chi connectivity index (χ0v) is 13.7. The SMILES string of the molecule is CC(C)n1ncc(Br)c1C(N)COc1cccc(Cl)c1. The first kappa shape index (κ1) is 15.4. The maximum Gasteiger partial charge on any atom is 0.120 e. The largest absolute Gasteiger partial charge is 0.492 e. The maximum atomic E-state index is 6.22. The molecule has 2 aromatic rings. The highest BCUT2D eigenvalue weighted by Crippen LogP contribution is 2.25. The van der Waals surface area contributed by atoms with Gasteiger partial charge in [-0.2, -0.15) is 5.10 Å². The Morgan fingerprint density at radius 1 is 1.45 bits per heavy atom. The Kier molecular flexibility index (Phi) is 5.07. The summed E-state index contributed by atoms with van der Waals surface area (Å²) in [5.74, 6) is 0.708. The topological polar surface area (TPSA) is 53.1 Å². The van der Waals surface area contributed by atoms with Crippen molar-refractivity contribution in [2.75, 3.05) is 6.61 Å². The standard InChI is InChI=1S/C14H17BrClN3O/c1-9(2)19-14(12(15)7-18-19)13(17)8-20-11-5-3-4-10(16)6-11/h3-7,9,13H,8,17H2,1-2H3. The Bertz CT molecular complexity index is 586. The molecule has 1 atom stereocenters. The molecule has 0 amide bonds. The summed E-state index contributed by atoms with van der Waals surface area (Å²) in [7, 11) is 0. The van der Waals surface area contributed by atoms with Gasteiger partial charge in [-0.15, -0.1) is 0 Å². The number of ether oxygens (including phenoxy) is 1. The minimum absolute atomic E-state index is 0.244. The van der Waals surface area contributed by atoms with Gasteiger partial charge in [0.15, 0.2) is 0 Å². The summed E-state index contributed by atoms with van der Waals surface area (Å²) >= 11 is 9.40. The molecule has 6 heteroatoms. The van der Waals surface area contributed by atoms with Crippen LogP contribution >= 0.6 is 27.5 Å². The van der Waals surface area contributed by atoms with Gasteiger partial charge in [-0.25, -0.2) is 0 Å². The van der Waals surface area contributed by atoms with Crippen LogP contribution in [0.3, 0.4) is 0 Å². The molecule has 0 aliphatic heterocycles. The summed E-state index contributed by atoms with van der Waals surface area (Å²) in [6, 6.07) is 7.24. The van der Waals surface area contributed by atoms with Crippen molar-refractivity contribution < 1.29 is 4.74 Å². The third-order valence-corrected chi connectivity index (χ3v) is 3.70. The van der Waals surface area contributed by atoms with Gasteiger partial charge in [-0.1, -0.05) is 17.7 Å². The Balaban J connectivity index is 2.09. The molecule has 0 fully saturated rings. The molecule has 108 valence electrons. The third-order valence-electron chi connectivity index (χ3n) is 2.85. The maximum absolute atomic E-state index is 6.22. The molecule has 1 aromatic heterocycles. The molecule has 0 saturated carbocycles. The molecule has 1 heterocycles. The van der Waals surface area contributed by atoms with Crippen molar-refractivity contribution >= 4 is 27.5 Å². The highest BCUT2D eigenvalue weighted by atomic mass is 79.9. The Morgan fingerprint density at radius 2 is 2.20 bits per heavy atom. The smallest absolute Gasteiger partial charge is 0.120 e. The zero-order valence-electron chi connectivity index (χ0n) is 11.4. The van der Waals surface area contributed by atoms with Crippen LogP contribution in [0.4, 0.5) is 0 Å². The van der Waals surface area contributed by atoms with E-state index in [1.165, 1.54) is 0 Å². The van der Waals surface area contributed by atoms with Gasteiger partial charge in [0, 0.05) is 11.1 Å². The van der Waals surface area contributed by atoms with E-state index in [4.69, 9.17) is 22.1 Å². The van der Waals surface area contributed by atoms with E-state index >= 15 is 0 Å². The fraction of sp³-hybridized carbons (Fsp3) is 0.357. The van der Waals surface area contributed by atoms with Crippen LogP contribution in [0.2, 0.25) is 5.02 Å². The van der Waals surface area contributed by atoms with Gasteiger partial charge in [-0.05, 0) is 48.0 Å². The summed E-state index contributed by atoms with van der Waals surface area (Å²) in [6.07, 6.45) is 1.76. The molecular weight excluding hydrogens is 342 g/mol. The molecule has 0 spiro atoms. The summed E-state index contributed by atoms with van der Waals surface area (Å²) in [6.45, 7) is 4.48. The predicted molar refractivity (Wildman–Crippen MR) is 84.2 cm³/mol. The lowest BCUT2D eigenvalue weighted by molar-refractivity contribution is 0.281. The van der Waals surface area contributed by atoms with Crippen LogP contribution < -0.4 is 10.5 Å². The van der Waals surface area contributed by atoms with Crippen LogP contribution in [0.25, 0.3) is 0 Å². The van der Waals surface area contributed by atoms with Crippen LogP contribution in [-0.4, -0.2) is 16.4 Å². The molecule has 1 aromatic carbocycles. The van der Waals surface area contributed by atoms with E-state index in [1.54, 1.807) is 18.3 Å². The molecule has 0 saturated heterocycles. The van der Waals surface area contributed by atoms with Crippen molar-refractivity contribution in [1.82, 2.24) is 9.78 Å². The van der Waals surface area contributed by atoms with E-state index in [-0.39, 0.29) is 12.1 Å². The fourth-order valence-corrected chi connectivity index (χ4v) is 2.68. The Labute approximate surface area is 132 Å². The molecule has 20 heavy (non-hydrogen) atoms. The predicted octanol–water partition coefficient (Wildman–Crippen LogP) is 3.96. The van der Waals surface area contributed by atoms with E-state index in [1.807, 2.05) is 16.8 Å². The lowest BCUT2D eigenvalue weighted by Crippen LogP contribution is -2.24. The van der Waals surface area contributed by atoms with Crippen molar-refractivity contribution in [2.24, 2.45) is 5.73 Å². The lowest BCUT2D eigenvalue weighted by atomic mass is 10.2. The normalized spacial score (nSPS) is 12.7. The van der Waals surface area contributed by atoms with Crippen LogP contribution in [-0.2, 0) is 0 Å². The second kappa shape index (κ2) is 6.61. The van der Waals surface area contributed by atoms with Gasteiger partial charge in [0.25, 0.3) is 0 Å². The van der Waals surface area contributed by atoms with Crippen molar-refractivity contribution in [2.45, 2.75) is 25.9 Å². The number of nitrogens with zero attached hydrogens (tertiary/aromatic N) is 2. The quantitative estimate of drug-likeness (QED) is 0.880. The number of hydrogen-bond acceptors (Lipinski definition) is 3. The van der Waals surface area contributed by atoms with E-state index in [2.05, 4.69) is 34.9 Å². The molecule has 2 rings (SSSR count). The third kappa shape index (κ3) is 3.53. The van der Waals surface area contributed by atoms with Crippen molar-refractivity contribution in [3.05, 3.63) is 45.7 Å². The fourth-order valence-electron chi connectivity index (χ4n) is 1.93. The Hall–Kier alpha value is -1.04. The van der Waals surface area contributed by atoms with Crippen LogP contribution in [0.15, 0.2) is 34.9 Å². The van der Waals surface area contributed by atoms with E-state index in [9.17, 15) is 0 Å². The highest BCUT2D eigenvalue weighted by molar-refractivity contribution is 9.10. The molecular formula is C14H17BrClN3O. The summed E-state index contributed by atoms with van der Waals surface area (Å²) in [5, 5.41) is 4.96. The molecule has 1 unspecified atom stereocenters. The first-order chi connectivity index (χ1) is 9.49. The average molecular weight is 359 g/mol. The summed E-state index contributed by atoms with van der Waals surface area (Å²) in [4.78, 5) is 0. The highest BCUT2D eigenvalue weighted by Gasteiger charge is 2.18. The first-order valence-electron chi connectivity index (χ1n) is 6.36. The van der Waals surface area contributed by atoms with Crippen molar-refractivity contribution in [3.8, 4) is 5.75 Å². The number of halogens is 2. The van der Waals surface area contributed by atoms with Gasteiger partial charge in [0.2, 0.25) is 0 Å². The average Bonchev–Trinajstić information content (AvgIpc) is 2.78. The first-order valence-corrected chi connectivity index (χ1v) is 7.53. The zero-order chi connectivity index (χ0) is 14.7. The monoisotopic (exact) mass is 357 g/mol. The second-order valence-corrected chi connectivity index (χ2v) is 6.08. The summed E-state index contributed by atoms with van der Waals surface area (Å²) < 4.78 is 8.49. The van der Waals surface area contributed by atoms with E-state index in [0.29, 0.717) is 17.4 Å². The molecule has 2 N–H and O–H groups in total. The van der Waals surface area contributed by atoms with Crippen LogP contribution in [0, 0.1) is 0 Å². The van der Waals surface area contributed by atoms with Crippen molar-refractivity contribution in [3.63, 3.8) is 0 Å². The number of benzene rings is 1. The number of aromatic nitrogens is 2. The second-order valence-electron chi connectivity index (χ2n) is 4.79. The van der Waals surface area contributed by atoms with Gasteiger partial charge < -0.3 is 10.5 Å². The molecule has 0 bridgehead atoms. The number of rotatable bonds is 5.